The molecule has 1 aliphatic carbocycles. The van der Waals surface area contributed by atoms with Crippen LogP contribution in [0.15, 0.2) is 78.9 Å². The monoisotopic (exact) mass is 471 g/mol. The van der Waals surface area contributed by atoms with Crippen LogP contribution in [0.3, 0.4) is 0 Å². The van der Waals surface area contributed by atoms with Crippen LogP contribution in [0.5, 0.6) is 0 Å². The largest absolute Gasteiger partial charge is 0.479 e. The minimum atomic E-state index is -1.54. The molecule has 0 aliphatic heterocycles. The molecule has 0 fully saturated rings. The number of amides is 1. The lowest BCUT2D eigenvalue weighted by Gasteiger charge is -2.43. The van der Waals surface area contributed by atoms with Gasteiger partial charge in [-0.3, -0.25) is 4.90 Å². The zero-order valence-electron chi connectivity index (χ0n) is 20.8. The van der Waals surface area contributed by atoms with Crippen molar-refractivity contribution >= 4 is 12.1 Å². The Morgan fingerprint density at radius 1 is 0.857 bits per heavy atom. The highest BCUT2D eigenvalue weighted by atomic mass is 16.6. The number of carbonyl (C=O) groups excluding carboxylic acids is 1. The van der Waals surface area contributed by atoms with Crippen molar-refractivity contribution in [2.75, 3.05) is 6.61 Å². The Morgan fingerprint density at radius 3 is 1.86 bits per heavy atom. The number of benzene rings is 3. The number of ether oxygens (including phenoxy) is 1. The molecule has 5 nitrogen and oxygen atoms in total. The van der Waals surface area contributed by atoms with Crippen molar-refractivity contribution in [1.82, 2.24) is 4.90 Å². The third kappa shape index (κ3) is 4.43. The van der Waals surface area contributed by atoms with Gasteiger partial charge in [-0.1, -0.05) is 92.7 Å². The standard InChI is InChI=1S/C30H33NO4/c1-20(2)18-30(28(32)33,22-12-6-5-7-13-22)31(21(3)4)29(34)35-19-27-25-16-10-8-14-23(25)24-15-9-11-17-26(24)27/h5-17,20-21,27H,18-19H2,1-4H3,(H,32,33). The number of fused-ring (bicyclic) bond motifs is 3. The van der Waals surface area contributed by atoms with E-state index in [1.807, 2.05) is 70.2 Å². The van der Waals surface area contributed by atoms with Crippen molar-refractivity contribution in [3.63, 3.8) is 0 Å². The minimum absolute atomic E-state index is 0.0361. The lowest BCUT2D eigenvalue weighted by Crippen LogP contribution is -2.58. The van der Waals surface area contributed by atoms with Crippen LogP contribution in [-0.4, -0.2) is 34.7 Å². The third-order valence-electron chi connectivity index (χ3n) is 6.77. The molecular formula is C30H33NO4. The molecule has 0 saturated heterocycles. The number of hydrogen-bond donors (Lipinski definition) is 1. The summed E-state index contributed by atoms with van der Waals surface area (Å²) in [4.78, 5) is 28.1. The van der Waals surface area contributed by atoms with E-state index in [0.717, 1.165) is 22.3 Å². The van der Waals surface area contributed by atoms with Gasteiger partial charge >= 0.3 is 12.1 Å². The molecule has 1 unspecified atom stereocenters. The minimum Gasteiger partial charge on any atom is -0.479 e. The topological polar surface area (TPSA) is 66.8 Å². The second-order valence-corrected chi connectivity index (χ2v) is 9.90. The fourth-order valence-electron chi connectivity index (χ4n) is 5.44. The number of hydrogen-bond acceptors (Lipinski definition) is 3. The van der Waals surface area contributed by atoms with Crippen LogP contribution in [0.2, 0.25) is 0 Å². The van der Waals surface area contributed by atoms with Gasteiger partial charge in [0.2, 0.25) is 0 Å². The number of carboxylic acids is 1. The van der Waals surface area contributed by atoms with Gasteiger partial charge in [0.25, 0.3) is 0 Å². The molecule has 35 heavy (non-hydrogen) atoms. The summed E-state index contributed by atoms with van der Waals surface area (Å²) in [6, 6.07) is 25.0. The van der Waals surface area contributed by atoms with Crippen molar-refractivity contribution < 1.29 is 19.4 Å². The van der Waals surface area contributed by atoms with Crippen molar-refractivity contribution in [3.8, 4) is 11.1 Å². The van der Waals surface area contributed by atoms with Gasteiger partial charge in [0.15, 0.2) is 5.54 Å². The summed E-state index contributed by atoms with van der Waals surface area (Å²) in [6.07, 6.45) is -0.344. The van der Waals surface area contributed by atoms with Gasteiger partial charge < -0.3 is 9.84 Å². The molecule has 5 heteroatoms. The fraction of sp³-hybridized carbons (Fsp3) is 0.333. The molecule has 4 rings (SSSR count). The molecular weight excluding hydrogens is 438 g/mol. The highest BCUT2D eigenvalue weighted by Crippen LogP contribution is 2.45. The highest BCUT2D eigenvalue weighted by molar-refractivity contribution is 5.86. The predicted molar refractivity (Wildman–Crippen MR) is 137 cm³/mol. The van der Waals surface area contributed by atoms with Crippen molar-refractivity contribution in [1.29, 1.82) is 0 Å². The van der Waals surface area contributed by atoms with E-state index < -0.39 is 17.6 Å². The molecule has 1 amide bonds. The molecule has 0 heterocycles. The van der Waals surface area contributed by atoms with Crippen molar-refractivity contribution in [2.45, 2.75) is 51.6 Å². The first-order chi connectivity index (χ1) is 16.8. The summed E-state index contributed by atoms with van der Waals surface area (Å²) < 4.78 is 5.95. The molecule has 1 atom stereocenters. The number of nitrogens with zero attached hydrogens (tertiary/aromatic N) is 1. The van der Waals surface area contributed by atoms with Gasteiger partial charge in [-0.05, 0) is 54.0 Å². The summed E-state index contributed by atoms with van der Waals surface area (Å²) in [5, 5.41) is 10.6. The van der Waals surface area contributed by atoms with E-state index >= 15 is 0 Å². The van der Waals surface area contributed by atoms with E-state index in [1.54, 1.807) is 12.1 Å². The first-order valence-electron chi connectivity index (χ1n) is 12.2. The Hall–Kier alpha value is -3.60. The van der Waals surface area contributed by atoms with Crippen LogP contribution < -0.4 is 0 Å². The van der Waals surface area contributed by atoms with Crippen molar-refractivity contribution in [3.05, 3.63) is 95.6 Å². The number of aliphatic carboxylic acids is 1. The van der Waals surface area contributed by atoms with Gasteiger partial charge in [0.1, 0.15) is 6.61 Å². The van der Waals surface area contributed by atoms with Crippen LogP contribution in [0.1, 0.15) is 56.7 Å². The number of carbonyl (C=O) groups is 2. The van der Waals surface area contributed by atoms with Gasteiger partial charge in [0, 0.05) is 12.0 Å². The maximum Gasteiger partial charge on any atom is 0.411 e. The molecule has 0 bridgehead atoms. The Balaban J connectivity index is 1.69. The van der Waals surface area contributed by atoms with Crippen LogP contribution in [0.4, 0.5) is 4.79 Å². The second kappa shape index (κ2) is 9.95. The predicted octanol–water partition coefficient (Wildman–Crippen LogP) is 6.67. The highest BCUT2D eigenvalue weighted by Gasteiger charge is 2.50. The molecule has 3 aromatic rings. The summed E-state index contributed by atoms with van der Waals surface area (Å²) in [6.45, 7) is 7.75. The maximum atomic E-state index is 13.7. The number of carboxylic acid groups (broad SMARTS) is 1. The van der Waals surface area contributed by atoms with E-state index in [0.29, 0.717) is 5.56 Å². The first kappa shape index (κ1) is 24.5. The summed E-state index contributed by atoms with van der Waals surface area (Å²) in [7, 11) is 0. The quantitative estimate of drug-likeness (QED) is 0.398. The number of rotatable bonds is 8. The van der Waals surface area contributed by atoms with E-state index in [4.69, 9.17) is 4.74 Å². The smallest absolute Gasteiger partial charge is 0.411 e. The van der Waals surface area contributed by atoms with E-state index in [9.17, 15) is 14.7 Å². The van der Waals surface area contributed by atoms with Gasteiger partial charge in [0.05, 0.1) is 0 Å². The second-order valence-electron chi connectivity index (χ2n) is 9.90. The molecule has 0 saturated carbocycles. The average molecular weight is 472 g/mol. The lowest BCUT2D eigenvalue weighted by molar-refractivity contribution is -0.154. The molecule has 0 radical (unpaired) electrons. The Morgan fingerprint density at radius 2 is 1.37 bits per heavy atom. The van der Waals surface area contributed by atoms with E-state index in [2.05, 4.69) is 24.3 Å². The molecule has 1 aliphatic rings. The molecule has 1 N–H and O–H groups in total. The molecule has 182 valence electrons. The van der Waals surface area contributed by atoms with Crippen LogP contribution in [0, 0.1) is 5.92 Å². The molecule has 0 aromatic heterocycles. The first-order valence-corrected chi connectivity index (χ1v) is 12.2. The van der Waals surface area contributed by atoms with Crippen molar-refractivity contribution in [2.24, 2.45) is 5.92 Å². The summed E-state index contributed by atoms with van der Waals surface area (Å²) in [5.41, 5.74) is 3.57. The van der Waals surface area contributed by atoms with E-state index in [1.165, 1.54) is 4.90 Å². The molecule has 0 spiro atoms. The molecule has 3 aromatic carbocycles. The lowest BCUT2D eigenvalue weighted by atomic mass is 9.80. The Bertz CT molecular complexity index is 1160. The Kier molecular flexibility index (Phi) is 6.97. The van der Waals surface area contributed by atoms with Crippen LogP contribution >= 0.6 is 0 Å². The zero-order valence-corrected chi connectivity index (χ0v) is 20.8. The third-order valence-corrected chi connectivity index (χ3v) is 6.77. The maximum absolute atomic E-state index is 13.7. The van der Waals surface area contributed by atoms with Crippen LogP contribution in [0.25, 0.3) is 11.1 Å². The fourth-order valence-corrected chi connectivity index (χ4v) is 5.44. The van der Waals surface area contributed by atoms with Gasteiger partial charge in [-0.15, -0.1) is 0 Å². The van der Waals surface area contributed by atoms with E-state index in [-0.39, 0.29) is 30.9 Å². The van der Waals surface area contributed by atoms with Gasteiger partial charge in [-0.25, -0.2) is 9.59 Å². The summed E-state index contributed by atoms with van der Waals surface area (Å²) >= 11 is 0. The SMILES string of the molecule is CC(C)CC(C(=O)O)(c1ccccc1)N(C(=O)OCC1c2ccccc2-c2ccccc21)C(C)C. The zero-order chi connectivity index (χ0) is 25.2. The Labute approximate surface area is 207 Å². The normalized spacial score (nSPS) is 14.3. The summed E-state index contributed by atoms with van der Waals surface area (Å²) in [5.74, 6) is -1.12. The van der Waals surface area contributed by atoms with Gasteiger partial charge in [-0.2, -0.15) is 0 Å². The van der Waals surface area contributed by atoms with Crippen LogP contribution in [-0.2, 0) is 15.1 Å². The average Bonchev–Trinajstić information content (AvgIpc) is 3.16.